The SMILES string of the molecule is O=S(=O)(O)[N+](c1ccc2ccccc2c1)S(=O)(=O)O. The van der Waals surface area contributed by atoms with E-state index in [0.717, 1.165) is 11.5 Å². The number of anilines is 1. The molecular formula is C10H9NO6S2+. The molecule has 0 atom stereocenters. The highest BCUT2D eigenvalue weighted by Gasteiger charge is 2.46. The van der Waals surface area contributed by atoms with Gasteiger partial charge in [-0.05, 0) is 16.8 Å². The molecule has 7 nitrogen and oxygen atoms in total. The van der Waals surface area contributed by atoms with Crippen molar-refractivity contribution in [2.75, 3.05) is 0 Å². The number of rotatable bonds is 3. The predicted octanol–water partition coefficient (Wildman–Crippen LogP) is 1.22. The van der Waals surface area contributed by atoms with Crippen LogP contribution in [0.2, 0.25) is 0 Å². The van der Waals surface area contributed by atoms with Gasteiger partial charge in [0.2, 0.25) is 5.69 Å². The minimum atomic E-state index is -5.15. The molecule has 101 valence electrons. The number of nitrogens with zero attached hydrogens (tertiary/aromatic N) is 1. The van der Waals surface area contributed by atoms with E-state index in [0.29, 0.717) is 5.39 Å². The molecule has 0 heterocycles. The van der Waals surface area contributed by atoms with E-state index in [-0.39, 0.29) is 5.69 Å². The van der Waals surface area contributed by atoms with Gasteiger partial charge in [-0.1, -0.05) is 24.3 Å². The van der Waals surface area contributed by atoms with Crippen LogP contribution in [0.4, 0.5) is 5.69 Å². The van der Waals surface area contributed by atoms with Gasteiger partial charge < -0.3 is 0 Å². The minimum absolute atomic E-state index is 0.385. The molecule has 0 spiro atoms. The summed E-state index contributed by atoms with van der Waals surface area (Å²) in [4.78, 5) is 0. The Morgan fingerprint density at radius 2 is 1.32 bits per heavy atom. The fourth-order valence-electron chi connectivity index (χ4n) is 1.68. The zero-order valence-electron chi connectivity index (χ0n) is 9.33. The van der Waals surface area contributed by atoms with Crippen molar-refractivity contribution in [1.29, 1.82) is 0 Å². The maximum Gasteiger partial charge on any atom is 0.505 e. The fourth-order valence-corrected chi connectivity index (χ4v) is 3.39. The Morgan fingerprint density at radius 1 is 0.789 bits per heavy atom. The molecule has 0 unspecified atom stereocenters. The molecule has 0 saturated heterocycles. The van der Waals surface area contributed by atoms with Crippen LogP contribution in [0.5, 0.6) is 0 Å². The van der Waals surface area contributed by atoms with E-state index in [1.165, 1.54) is 12.1 Å². The van der Waals surface area contributed by atoms with Gasteiger partial charge in [-0.2, -0.15) is 0 Å². The van der Waals surface area contributed by atoms with Crippen molar-refractivity contribution >= 4 is 37.1 Å². The zero-order chi connectivity index (χ0) is 14.3. The summed E-state index contributed by atoms with van der Waals surface area (Å²) in [7, 11) is -10.3. The topological polar surface area (TPSA) is 115 Å². The van der Waals surface area contributed by atoms with E-state index in [4.69, 9.17) is 9.11 Å². The number of benzene rings is 2. The second-order valence-electron chi connectivity index (χ2n) is 3.68. The van der Waals surface area contributed by atoms with Gasteiger partial charge in [-0.15, -0.1) is 16.8 Å². The summed E-state index contributed by atoms with van der Waals surface area (Å²) in [6, 6.07) is 10.6. The van der Waals surface area contributed by atoms with Crippen LogP contribution in [-0.4, -0.2) is 25.9 Å². The van der Waals surface area contributed by atoms with E-state index in [1.807, 2.05) is 0 Å². The van der Waals surface area contributed by atoms with Crippen LogP contribution in [0.15, 0.2) is 42.5 Å². The first-order valence-electron chi connectivity index (χ1n) is 4.94. The Labute approximate surface area is 109 Å². The second kappa shape index (κ2) is 4.54. The summed E-state index contributed by atoms with van der Waals surface area (Å²) in [6.07, 6.45) is 0. The Morgan fingerprint density at radius 3 is 1.84 bits per heavy atom. The first-order valence-corrected chi connectivity index (χ1v) is 7.73. The van der Waals surface area contributed by atoms with Crippen molar-refractivity contribution in [3.05, 3.63) is 42.5 Å². The molecule has 0 aliphatic rings. The summed E-state index contributed by atoms with van der Waals surface area (Å²) in [6.45, 7) is 0. The number of hydrogen-bond donors (Lipinski definition) is 2. The van der Waals surface area contributed by atoms with Crippen molar-refractivity contribution in [1.82, 2.24) is 3.71 Å². The van der Waals surface area contributed by atoms with Crippen LogP contribution in [-0.2, 0) is 20.6 Å². The monoisotopic (exact) mass is 303 g/mol. The maximum absolute atomic E-state index is 11.1. The average Bonchev–Trinajstić information content (AvgIpc) is 2.25. The number of fused-ring (bicyclic) bond motifs is 1. The van der Waals surface area contributed by atoms with E-state index in [1.54, 1.807) is 24.3 Å². The Hall–Kier alpha value is -1.52. The van der Waals surface area contributed by atoms with Crippen LogP contribution in [0.3, 0.4) is 0 Å². The third-order valence-electron chi connectivity index (χ3n) is 2.36. The smallest absolute Gasteiger partial charge is 0.236 e. The summed E-state index contributed by atoms with van der Waals surface area (Å²) >= 11 is 0. The molecular weight excluding hydrogens is 294 g/mol. The molecule has 0 fully saturated rings. The van der Waals surface area contributed by atoms with Crippen LogP contribution in [0.1, 0.15) is 0 Å². The highest BCUT2D eigenvalue weighted by atomic mass is 32.3. The maximum atomic E-state index is 11.1. The normalized spacial score (nSPS) is 13.0. The van der Waals surface area contributed by atoms with Gasteiger partial charge in [-0.25, -0.2) is 9.11 Å². The summed E-state index contributed by atoms with van der Waals surface area (Å²) < 4.78 is 61.6. The lowest BCUT2D eigenvalue weighted by Crippen LogP contribution is -2.37. The van der Waals surface area contributed by atoms with Gasteiger partial charge in [0.1, 0.15) is 0 Å². The lowest BCUT2D eigenvalue weighted by atomic mass is 10.1. The van der Waals surface area contributed by atoms with Gasteiger partial charge >= 0.3 is 20.6 Å². The summed E-state index contributed by atoms with van der Waals surface area (Å²) in [5.41, 5.74) is -0.385. The Kier molecular flexibility index (Phi) is 3.32. The van der Waals surface area contributed by atoms with Gasteiger partial charge in [0.15, 0.2) is 3.71 Å². The molecule has 0 amide bonds. The van der Waals surface area contributed by atoms with Crippen molar-refractivity contribution in [2.45, 2.75) is 0 Å². The van der Waals surface area contributed by atoms with Crippen molar-refractivity contribution in [3.63, 3.8) is 0 Å². The number of hydrogen-bond acceptors (Lipinski definition) is 4. The third kappa shape index (κ3) is 2.91. The highest BCUT2D eigenvalue weighted by Crippen LogP contribution is 2.25. The molecule has 2 N–H and O–H groups in total. The molecule has 0 aromatic heterocycles. The van der Waals surface area contributed by atoms with Crippen molar-refractivity contribution < 1.29 is 25.9 Å². The second-order valence-corrected chi connectivity index (χ2v) is 6.44. The van der Waals surface area contributed by atoms with Gasteiger partial charge in [0.05, 0.1) is 0 Å². The largest absolute Gasteiger partial charge is 0.505 e. The van der Waals surface area contributed by atoms with E-state index < -0.39 is 24.3 Å². The van der Waals surface area contributed by atoms with Crippen LogP contribution < -0.4 is 3.71 Å². The molecule has 2 aromatic rings. The van der Waals surface area contributed by atoms with Crippen molar-refractivity contribution in [3.8, 4) is 0 Å². The fraction of sp³-hybridized carbons (Fsp3) is 0. The van der Waals surface area contributed by atoms with Gasteiger partial charge in [-0.3, -0.25) is 0 Å². The summed E-state index contributed by atoms with van der Waals surface area (Å²) in [5, 5.41) is 1.30. The van der Waals surface area contributed by atoms with Crippen LogP contribution >= 0.6 is 0 Å². The van der Waals surface area contributed by atoms with E-state index >= 15 is 0 Å². The molecule has 2 rings (SSSR count). The lowest BCUT2D eigenvalue weighted by molar-refractivity contribution is 0.439. The lowest BCUT2D eigenvalue weighted by Gasteiger charge is -2.04. The first-order chi connectivity index (χ1) is 8.69. The molecule has 0 bridgehead atoms. The molecule has 0 aliphatic carbocycles. The standard InChI is InChI=1S/C10H9NO6S2/c12-18(13,14)11(19(15,16)17)10-6-5-8-3-1-2-4-9(8)7-10/h1-7H,(H,12,13,14)(H,15,16,17)/q+1. The van der Waals surface area contributed by atoms with Crippen molar-refractivity contribution in [2.24, 2.45) is 0 Å². The molecule has 1 radical (unpaired) electrons. The quantitative estimate of drug-likeness (QED) is 0.650. The first kappa shape index (κ1) is 13.9. The molecule has 9 heteroatoms. The third-order valence-corrected chi connectivity index (χ3v) is 4.75. The highest BCUT2D eigenvalue weighted by molar-refractivity contribution is 8.00. The molecule has 19 heavy (non-hydrogen) atoms. The molecule has 0 aliphatic heterocycles. The van der Waals surface area contributed by atoms with E-state index in [9.17, 15) is 16.8 Å². The Balaban J connectivity index is 2.71. The van der Waals surface area contributed by atoms with Crippen LogP contribution in [0.25, 0.3) is 10.8 Å². The minimum Gasteiger partial charge on any atom is -0.236 e. The van der Waals surface area contributed by atoms with Gasteiger partial charge in [0, 0.05) is 12.1 Å². The van der Waals surface area contributed by atoms with Gasteiger partial charge in [0.25, 0.3) is 0 Å². The molecule has 0 saturated carbocycles. The summed E-state index contributed by atoms with van der Waals surface area (Å²) in [5.74, 6) is 0. The van der Waals surface area contributed by atoms with E-state index in [2.05, 4.69) is 0 Å². The average molecular weight is 303 g/mol. The van der Waals surface area contributed by atoms with Crippen LogP contribution in [0, 0.1) is 0 Å². The Bertz CT molecular complexity index is 796. The predicted molar refractivity (Wildman–Crippen MR) is 68.8 cm³/mol. The zero-order valence-corrected chi connectivity index (χ0v) is 11.0. The molecule has 2 aromatic carbocycles.